The van der Waals surface area contributed by atoms with Gasteiger partial charge in [0.2, 0.25) is 0 Å². The highest BCUT2D eigenvalue weighted by atomic mass is 19.1. The molecule has 1 aromatic heterocycles. The van der Waals surface area contributed by atoms with Crippen LogP contribution in [0, 0.1) is 0 Å². The first-order valence-corrected chi connectivity index (χ1v) is 5.19. The lowest BCUT2D eigenvalue weighted by atomic mass is 9.90. The van der Waals surface area contributed by atoms with Gasteiger partial charge in [-0.2, -0.15) is 0 Å². The summed E-state index contributed by atoms with van der Waals surface area (Å²) in [5.41, 5.74) is -0.0673. The maximum Gasteiger partial charge on any atom is 0.116 e. The van der Waals surface area contributed by atoms with Gasteiger partial charge in [-0.3, -0.25) is 0 Å². The van der Waals surface area contributed by atoms with Crippen molar-refractivity contribution in [2.45, 2.75) is 31.4 Å². The number of rotatable bonds is 2. The normalized spacial score (nSPS) is 28.6. The van der Waals surface area contributed by atoms with E-state index >= 15 is 0 Å². The number of hydrogen-bond donors (Lipinski definition) is 1. The fraction of sp³-hybridized carbons (Fsp3) is 0.636. The Morgan fingerprint density at radius 1 is 1.43 bits per heavy atom. The van der Waals surface area contributed by atoms with Crippen LogP contribution in [0.15, 0.2) is 23.0 Å². The average molecular weight is 197 g/mol. The van der Waals surface area contributed by atoms with Crippen molar-refractivity contribution in [1.82, 2.24) is 5.32 Å². The average Bonchev–Trinajstić information content (AvgIpc) is 2.55. The largest absolute Gasteiger partial charge is 0.472 e. The Morgan fingerprint density at radius 3 is 3.14 bits per heavy atom. The Labute approximate surface area is 83.5 Å². The maximum absolute atomic E-state index is 14.3. The second kappa shape index (κ2) is 4.13. The van der Waals surface area contributed by atoms with E-state index in [1.807, 2.05) is 6.07 Å². The van der Waals surface area contributed by atoms with Gasteiger partial charge in [-0.05, 0) is 44.0 Å². The van der Waals surface area contributed by atoms with Crippen molar-refractivity contribution >= 4 is 0 Å². The van der Waals surface area contributed by atoms with E-state index in [9.17, 15) is 4.39 Å². The lowest BCUT2D eigenvalue weighted by Gasteiger charge is -2.22. The lowest BCUT2D eigenvalue weighted by Crippen LogP contribution is -2.27. The molecule has 2 rings (SSSR count). The summed E-state index contributed by atoms with van der Waals surface area (Å²) in [5.74, 6) is 0. The van der Waals surface area contributed by atoms with Gasteiger partial charge in [0.25, 0.3) is 0 Å². The third kappa shape index (κ3) is 2.35. The molecule has 0 radical (unpaired) electrons. The molecule has 2 nitrogen and oxygen atoms in total. The molecule has 2 heterocycles. The van der Waals surface area contributed by atoms with E-state index in [2.05, 4.69) is 5.32 Å². The molecular weight excluding hydrogens is 181 g/mol. The fourth-order valence-electron chi connectivity index (χ4n) is 2.03. The van der Waals surface area contributed by atoms with Crippen molar-refractivity contribution in [1.29, 1.82) is 0 Å². The highest BCUT2D eigenvalue weighted by molar-refractivity contribution is 5.09. The minimum absolute atomic E-state index is 0.491. The molecule has 0 amide bonds. The van der Waals surface area contributed by atoms with Gasteiger partial charge >= 0.3 is 0 Å². The maximum atomic E-state index is 14.3. The van der Waals surface area contributed by atoms with Crippen LogP contribution in [0.5, 0.6) is 0 Å². The Morgan fingerprint density at radius 2 is 2.36 bits per heavy atom. The second-order valence-corrected chi connectivity index (χ2v) is 4.06. The third-order valence-corrected chi connectivity index (χ3v) is 2.83. The van der Waals surface area contributed by atoms with Gasteiger partial charge in [0, 0.05) is 6.42 Å². The predicted molar refractivity (Wildman–Crippen MR) is 53.0 cm³/mol. The van der Waals surface area contributed by atoms with Crippen molar-refractivity contribution in [3.63, 3.8) is 0 Å². The molecule has 1 fully saturated rings. The topological polar surface area (TPSA) is 25.2 Å². The molecule has 1 saturated heterocycles. The molecule has 0 aliphatic carbocycles. The van der Waals surface area contributed by atoms with E-state index in [1.54, 1.807) is 12.5 Å². The first-order chi connectivity index (χ1) is 6.79. The highest BCUT2D eigenvalue weighted by Gasteiger charge is 2.30. The zero-order valence-electron chi connectivity index (χ0n) is 8.26. The minimum atomic E-state index is -1.03. The van der Waals surface area contributed by atoms with Crippen LogP contribution in [0.2, 0.25) is 0 Å². The summed E-state index contributed by atoms with van der Waals surface area (Å²) in [6.07, 6.45) is 5.93. The number of furan rings is 1. The van der Waals surface area contributed by atoms with Crippen molar-refractivity contribution in [3.05, 3.63) is 24.2 Å². The summed E-state index contributed by atoms with van der Waals surface area (Å²) in [6, 6.07) is 1.85. The zero-order chi connectivity index (χ0) is 9.86. The number of nitrogens with one attached hydrogen (secondary N) is 1. The Hall–Kier alpha value is -0.830. The van der Waals surface area contributed by atoms with Crippen LogP contribution in [0.4, 0.5) is 4.39 Å². The summed E-state index contributed by atoms with van der Waals surface area (Å²) in [6.45, 7) is 1.73. The van der Waals surface area contributed by atoms with Crippen molar-refractivity contribution in [2.75, 3.05) is 13.1 Å². The molecule has 1 aliphatic heterocycles. The smallest absolute Gasteiger partial charge is 0.116 e. The van der Waals surface area contributed by atoms with Crippen molar-refractivity contribution in [3.8, 4) is 0 Å². The van der Waals surface area contributed by atoms with E-state index in [4.69, 9.17) is 4.42 Å². The summed E-state index contributed by atoms with van der Waals surface area (Å²) in [7, 11) is 0. The Kier molecular flexibility index (Phi) is 2.87. The van der Waals surface area contributed by atoms with Gasteiger partial charge in [0.15, 0.2) is 0 Å². The van der Waals surface area contributed by atoms with Crippen LogP contribution in [0.1, 0.15) is 24.8 Å². The number of alkyl halides is 1. The summed E-state index contributed by atoms with van der Waals surface area (Å²) < 4.78 is 19.3. The van der Waals surface area contributed by atoms with Crippen LogP contribution in [0.3, 0.4) is 0 Å². The van der Waals surface area contributed by atoms with Crippen LogP contribution < -0.4 is 5.32 Å². The molecule has 0 aromatic carbocycles. The Balaban J connectivity index is 1.99. The van der Waals surface area contributed by atoms with Gasteiger partial charge in [0.05, 0.1) is 12.5 Å². The van der Waals surface area contributed by atoms with Crippen molar-refractivity contribution < 1.29 is 8.81 Å². The molecule has 1 aliphatic rings. The van der Waals surface area contributed by atoms with Gasteiger partial charge in [-0.1, -0.05) is 0 Å². The van der Waals surface area contributed by atoms with E-state index in [0.717, 1.165) is 25.1 Å². The molecule has 1 atom stereocenters. The molecule has 0 spiro atoms. The number of hydrogen-bond acceptors (Lipinski definition) is 2. The van der Waals surface area contributed by atoms with Crippen LogP contribution >= 0.6 is 0 Å². The molecule has 0 saturated carbocycles. The van der Waals surface area contributed by atoms with Crippen LogP contribution in [-0.4, -0.2) is 18.8 Å². The lowest BCUT2D eigenvalue weighted by molar-refractivity contribution is 0.144. The monoisotopic (exact) mass is 197 g/mol. The van der Waals surface area contributed by atoms with Crippen LogP contribution in [0.25, 0.3) is 0 Å². The molecule has 0 bridgehead atoms. The quantitative estimate of drug-likeness (QED) is 0.787. The zero-order valence-corrected chi connectivity index (χ0v) is 8.26. The van der Waals surface area contributed by atoms with Crippen molar-refractivity contribution in [2.24, 2.45) is 0 Å². The van der Waals surface area contributed by atoms with E-state index in [1.165, 1.54) is 0 Å². The van der Waals surface area contributed by atoms with Crippen LogP contribution in [-0.2, 0) is 6.42 Å². The SMILES string of the molecule is FC1(Cc2ccoc2)CCCNCC1. The first-order valence-electron chi connectivity index (χ1n) is 5.19. The van der Waals surface area contributed by atoms with Gasteiger partial charge < -0.3 is 9.73 Å². The van der Waals surface area contributed by atoms with Gasteiger partial charge in [0.1, 0.15) is 5.67 Å². The molecule has 78 valence electrons. The molecule has 1 N–H and O–H groups in total. The summed E-state index contributed by atoms with van der Waals surface area (Å²) in [4.78, 5) is 0. The summed E-state index contributed by atoms with van der Waals surface area (Å²) in [5, 5.41) is 3.22. The molecular formula is C11H16FNO. The first kappa shape index (κ1) is 9.71. The fourth-order valence-corrected chi connectivity index (χ4v) is 2.03. The summed E-state index contributed by atoms with van der Waals surface area (Å²) >= 11 is 0. The Bertz CT molecular complexity index is 263. The standard InChI is InChI=1S/C11H16FNO/c12-11(3-1-5-13-6-4-11)8-10-2-7-14-9-10/h2,7,9,13H,1,3-6,8H2. The molecule has 14 heavy (non-hydrogen) atoms. The van der Waals surface area contributed by atoms with Gasteiger partial charge in [-0.15, -0.1) is 0 Å². The third-order valence-electron chi connectivity index (χ3n) is 2.83. The molecule has 1 unspecified atom stereocenters. The molecule has 3 heteroatoms. The van der Waals surface area contributed by atoms with E-state index < -0.39 is 5.67 Å². The molecule has 1 aromatic rings. The predicted octanol–water partition coefficient (Wildman–Crippen LogP) is 2.30. The minimum Gasteiger partial charge on any atom is -0.472 e. The van der Waals surface area contributed by atoms with Gasteiger partial charge in [-0.25, -0.2) is 4.39 Å². The van der Waals surface area contributed by atoms with E-state index in [0.29, 0.717) is 19.3 Å². The van der Waals surface area contributed by atoms with E-state index in [-0.39, 0.29) is 0 Å². The second-order valence-electron chi connectivity index (χ2n) is 4.06. The highest BCUT2D eigenvalue weighted by Crippen LogP contribution is 2.28. The number of halogens is 1.